The standard InChI is InChI=1S/C19H25N3O6S/c1-25-15-8-9-16(26-2)17(12-15)29(23,24)22-13-4-6-14(7-5-13)28-19-18(27-3)20-10-11-21-19/h8-14,22H,4-7H2,1-3H3. The molecule has 0 atom stereocenters. The van der Waals surface area contributed by atoms with Crippen LogP contribution in [-0.4, -0.2) is 51.9 Å². The Labute approximate surface area is 170 Å². The lowest BCUT2D eigenvalue weighted by atomic mass is 9.94. The van der Waals surface area contributed by atoms with Crippen LogP contribution in [0.5, 0.6) is 23.3 Å². The zero-order valence-corrected chi connectivity index (χ0v) is 17.4. The third-order valence-corrected chi connectivity index (χ3v) is 6.30. The van der Waals surface area contributed by atoms with Crippen LogP contribution in [0.1, 0.15) is 25.7 Å². The van der Waals surface area contributed by atoms with Crippen LogP contribution in [0.2, 0.25) is 0 Å². The Morgan fingerprint density at radius 1 is 0.931 bits per heavy atom. The highest BCUT2D eigenvalue weighted by Gasteiger charge is 2.29. The maximum absolute atomic E-state index is 12.9. The van der Waals surface area contributed by atoms with Gasteiger partial charge in [-0.1, -0.05) is 0 Å². The van der Waals surface area contributed by atoms with E-state index >= 15 is 0 Å². The van der Waals surface area contributed by atoms with E-state index in [0.717, 1.165) is 0 Å². The Morgan fingerprint density at radius 3 is 2.24 bits per heavy atom. The van der Waals surface area contributed by atoms with Crippen molar-refractivity contribution in [2.75, 3.05) is 21.3 Å². The highest BCUT2D eigenvalue weighted by atomic mass is 32.2. The SMILES string of the molecule is COc1ccc(OC)c(S(=O)(=O)NC2CCC(Oc3nccnc3OC)CC2)c1. The number of sulfonamides is 1. The van der Waals surface area contributed by atoms with Crippen molar-refractivity contribution in [1.29, 1.82) is 0 Å². The van der Waals surface area contributed by atoms with Gasteiger partial charge in [-0.15, -0.1) is 0 Å². The van der Waals surface area contributed by atoms with Crippen molar-refractivity contribution in [3.05, 3.63) is 30.6 Å². The zero-order valence-electron chi connectivity index (χ0n) is 16.6. The highest BCUT2D eigenvalue weighted by Crippen LogP contribution is 2.31. The first-order valence-electron chi connectivity index (χ1n) is 9.23. The minimum absolute atomic E-state index is 0.0574. The summed E-state index contributed by atoms with van der Waals surface area (Å²) in [6, 6.07) is 4.49. The fourth-order valence-corrected chi connectivity index (χ4v) is 4.76. The van der Waals surface area contributed by atoms with Crippen LogP contribution in [0.25, 0.3) is 0 Å². The van der Waals surface area contributed by atoms with Crippen LogP contribution in [0.15, 0.2) is 35.5 Å². The predicted octanol–water partition coefficient (Wildman–Crippen LogP) is 2.17. The molecule has 1 aliphatic rings. The highest BCUT2D eigenvalue weighted by molar-refractivity contribution is 7.89. The molecule has 10 heteroatoms. The molecule has 1 saturated carbocycles. The number of methoxy groups -OCH3 is 3. The predicted molar refractivity (Wildman–Crippen MR) is 105 cm³/mol. The Bertz CT molecular complexity index is 929. The van der Waals surface area contributed by atoms with Gasteiger partial charge in [-0.3, -0.25) is 0 Å². The molecule has 0 aliphatic heterocycles. The second-order valence-electron chi connectivity index (χ2n) is 6.60. The number of hydrogen-bond acceptors (Lipinski definition) is 8. The van der Waals surface area contributed by atoms with Gasteiger partial charge in [-0.05, 0) is 37.8 Å². The summed E-state index contributed by atoms with van der Waals surface area (Å²) in [7, 11) is 0.669. The van der Waals surface area contributed by atoms with Crippen molar-refractivity contribution in [3.63, 3.8) is 0 Å². The molecule has 1 aliphatic carbocycles. The number of nitrogens with zero attached hydrogens (tertiary/aromatic N) is 2. The molecule has 1 aromatic carbocycles. The van der Waals surface area contributed by atoms with Crippen molar-refractivity contribution in [3.8, 4) is 23.3 Å². The van der Waals surface area contributed by atoms with Crippen molar-refractivity contribution in [2.24, 2.45) is 0 Å². The summed E-state index contributed by atoms with van der Waals surface area (Å²) < 4.78 is 50.0. The first-order chi connectivity index (χ1) is 14.0. The van der Waals surface area contributed by atoms with Crippen LogP contribution >= 0.6 is 0 Å². The Kier molecular flexibility index (Phi) is 6.75. The Hall–Kier alpha value is -2.59. The van der Waals surface area contributed by atoms with Gasteiger partial charge in [0.2, 0.25) is 10.0 Å². The number of nitrogens with one attached hydrogen (secondary N) is 1. The van der Waals surface area contributed by atoms with E-state index in [1.807, 2.05) is 0 Å². The van der Waals surface area contributed by atoms with Crippen LogP contribution < -0.4 is 23.7 Å². The van der Waals surface area contributed by atoms with Crippen molar-refractivity contribution in [2.45, 2.75) is 42.7 Å². The maximum atomic E-state index is 12.9. The number of aromatic nitrogens is 2. The minimum Gasteiger partial charge on any atom is -0.497 e. The van der Waals surface area contributed by atoms with Crippen molar-refractivity contribution >= 4 is 10.0 Å². The van der Waals surface area contributed by atoms with E-state index in [0.29, 0.717) is 43.2 Å². The van der Waals surface area contributed by atoms with Gasteiger partial charge in [-0.2, -0.15) is 0 Å². The third-order valence-electron chi connectivity index (χ3n) is 4.76. The molecular weight excluding hydrogens is 398 g/mol. The third kappa shape index (κ3) is 5.07. The molecule has 1 heterocycles. The molecule has 0 radical (unpaired) electrons. The van der Waals surface area contributed by atoms with Gasteiger partial charge in [0.15, 0.2) is 0 Å². The van der Waals surface area contributed by atoms with E-state index in [2.05, 4.69) is 14.7 Å². The molecule has 1 N–H and O–H groups in total. The minimum atomic E-state index is -3.76. The maximum Gasteiger partial charge on any atom is 0.278 e. The molecule has 2 aromatic rings. The van der Waals surface area contributed by atoms with E-state index in [1.165, 1.54) is 33.6 Å². The van der Waals surface area contributed by atoms with Gasteiger partial charge >= 0.3 is 0 Å². The Morgan fingerprint density at radius 2 is 1.62 bits per heavy atom. The first-order valence-corrected chi connectivity index (χ1v) is 10.7. The van der Waals surface area contributed by atoms with Crippen molar-refractivity contribution in [1.82, 2.24) is 14.7 Å². The zero-order chi connectivity index (χ0) is 20.9. The molecule has 29 heavy (non-hydrogen) atoms. The summed E-state index contributed by atoms with van der Waals surface area (Å²) in [6.07, 6.45) is 5.64. The van der Waals surface area contributed by atoms with Crippen LogP contribution in [0.4, 0.5) is 0 Å². The van der Waals surface area contributed by atoms with E-state index < -0.39 is 10.0 Å². The topological polar surface area (TPSA) is 109 Å². The first kappa shape index (κ1) is 21.1. The van der Waals surface area contributed by atoms with E-state index in [-0.39, 0.29) is 22.8 Å². The average molecular weight is 423 g/mol. The lowest BCUT2D eigenvalue weighted by molar-refractivity contribution is 0.132. The molecule has 0 bridgehead atoms. The van der Waals surface area contributed by atoms with Gasteiger partial charge < -0.3 is 18.9 Å². The lowest BCUT2D eigenvalue weighted by Crippen LogP contribution is -2.39. The quantitative estimate of drug-likeness (QED) is 0.688. The van der Waals surface area contributed by atoms with Gasteiger partial charge in [-0.25, -0.2) is 23.1 Å². The summed E-state index contributed by atoms with van der Waals surface area (Å²) in [5, 5.41) is 0. The van der Waals surface area contributed by atoms with Crippen molar-refractivity contribution < 1.29 is 27.4 Å². The van der Waals surface area contributed by atoms with Gasteiger partial charge in [0.1, 0.15) is 22.5 Å². The molecule has 1 aromatic heterocycles. The second kappa shape index (κ2) is 9.27. The van der Waals surface area contributed by atoms with Gasteiger partial charge in [0, 0.05) is 24.5 Å². The molecule has 3 rings (SSSR count). The van der Waals surface area contributed by atoms with E-state index in [4.69, 9.17) is 18.9 Å². The molecule has 1 fully saturated rings. The van der Waals surface area contributed by atoms with Gasteiger partial charge in [0.05, 0.1) is 21.3 Å². The van der Waals surface area contributed by atoms with E-state index in [9.17, 15) is 8.42 Å². The molecule has 158 valence electrons. The van der Waals surface area contributed by atoms with Crippen LogP contribution in [0.3, 0.4) is 0 Å². The normalized spacial score (nSPS) is 19.4. The molecule has 9 nitrogen and oxygen atoms in total. The number of hydrogen-bond donors (Lipinski definition) is 1. The summed E-state index contributed by atoms with van der Waals surface area (Å²) in [5.41, 5.74) is 0. The Balaban J connectivity index is 1.63. The summed E-state index contributed by atoms with van der Waals surface area (Å²) in [4.78, 5) is 8.27. The monoisotopic (exact) mass is 423 g/mol. The second-order valence-corrected chi connectivity index (χ2v) is 8.28. The summed E-state index contributed by atoms with van der Waals surface area (Å²) in [6.45, 7) is 0. The summed E-state index contributed by atoms with van der Waals surface area (Å²) in [5.74, 6) is 1.40. The van der Waals surface area contributed by atoms with E-state index in [1.54, 1.807) is 18.3 Å². The fourth-order valence-electron chi connectivity index (χ4n) is 3.27. The number of ether oxygens (including phenoxy) is 4. The number of rotatable bonds is 8. The van der Waals surface area contributed by atoms with Gasteiger partial charge in [0.25, 0.3) is 11.8 Å². The number of benzene rings is 1. The average Bonchev–Trinajstić information content (AvgIpc) is 2.74. The molecule has 0 spiro atoms. The fraction of sp³-hybridized carbons (Fsp3) is 0.474. The lowest BCUT2D eigenvalue weighted by Gasteiger charge is -2.29. The smallest absolute Gasteiger partial charge is 0.278 e. The van der Waals surface area contributed by atoms with Crippen LogP contribution in [-0.2, 0) is 10.0 Å². The van der Waals surface area contributed by atoms with Crippen LogP contribution in [0, 0.1) is 0 Å². The molecule has 0 saturated heterocycles. The molecule has 0 amide bonds. The molecule has 0 unspecified atom stereocenters. The summed E-state index contributed by atoms with van der Waals surface area (Å²) >= 11 is 0. The molecular formula is C19H25N3O6S. The largest absolute Gasteiger partial charge is 0.497 e.